The summed E-state index contributed by atoms with van der Waals surface area (Å²) in [7, 11) is 2.17. The van der Waals surface area contributed by atoms with Gasteiger partial charge in [0, 0.05) is 43.9 Å². The van der Waals surface area contributed by atoms with Crippen LogP contribution in [0.5, 0.6) is 0 Å². The molecule has 0 aliphatic carbocycles. The number of likely N-dealkylation sites (tertiary alicyclic amines) is 1. The number of furan rings is 1. The molecule has 146 valence electrons. The molecule has 2 aromatic heterocycles. The van der Waals surface area contributed by atoms with E-state index < -0.39 is 0 Å². The monoisotopic (exact) mass is 379 g/mol. The quantitative estimate of drug-likeness (QED) is 0.684. The molecule has 2 aliphatic rings. The minimum Gasteiger partial charge on any atom is -0.451 e. The number of benzene rings is 1. The third-order valence-electron chi connectivity index (χ3n) is 5.97. The normalized spacial score (nSPS) is 20.9. The second-order valence-electron chi connectivity index (χ2n) is 7.92. The molecule has 1 atom stereocenters. The van der Waals surface area contributed by atoms with Gasteiger partial charge in [-0.05, 0) is 38.6 Å². The average Bonchev–Trinajstić information content (AvgIpc) is 3.26. The maximum absolute atomic E-state index is 13.0. The van der Waals surface area contributed by atoms with Crippen molar-refractivity contribution >= 4 is 16.9 Å². The summed E-state index contributed by atoms with van der Waals surface area (Å²) in [5.41, 5.74) is 0.751. The second-order valence-corrected chi connectivity index (χ2v) is 7.92. The highest BCUT2D eigenvalue weighted by Gasteiger charge is 2.28. The van der Waals surface area contributed by atoms with Gasteiger partial charge in [0.2, 0.25) is 0 Å². The summed E-state index contributed by atoms with van der Waals surface area (Å²) in [5, 5.41) is 9.93. The van der Waals surface area contributed by atoms with Crippen LogP contribution in [-0.2, 0) is 13.0 Å². The minimum atomic E-state index is -0.0474. The Morgan fingerprint density at radius 1 is 1.14 bits per heavy atom. The number of rotatable bonds is 2. The molecule has 28 heavy (non-hydrogen) atoms. The molecule has 0 saturated carbocycles. The van der Waals surface area contributed by atoms with Gasteiger partial charge in [0.25, 0.3) is 5.91 Å². The SMILES string of the molecule is CN1CCC[C@H](c2nnc3n2CCN(C(=O)c2cc4ccccc4o2)CC3)C1. The van der Waals surface area contributed by atoms with Crippen molar-refractivity contribution < 1.29 is 9.21 Å². The number of aromatic nitrogens is 3. The lowest BCUT2D eigenvalue weighted by Crippen LogP contribution is -2.34. The lowest BCUT2D eigenvalue weighted by molar-refractivity contribution is 0.0729. The fraction of sp³-hybridized carbons (Fsp3) is 0.476. The molecule has 0 bridgehead atoms. The van der Waals surface area contributed by atoms with Crippen LogP contribution in [0.2, 0.25) is 0 Å². The lowest BCUT2D eigenvalue weighted by Gasteiger charge is -2.29. The van der Waals surface area contributed by atoms with E-state index in [2.05, 4.69) is 26.7 Å². The van der Waals surface area contributed by atoms with Crippen molar-refractivity contribution in [2.75, 3.05) is 33.2 Å². The zero-order valence-corrected chi connectivity index (χ0v) is 16.2. The number of likely N-dealkylation sites (N-methyl/N-ethyl adjacent to an activating group) is 1. The first kappa shape index (κ1) is 17.4. The van der Waals surface area contributed by atoms with Gasteiger partial charge in [0.15, 0.2) is 5.76 Å². The van der Waals surface area contributed by atoms with Crippen molar-refractivity contribution in [3.8, 4) is 0 Å². The molecule has 7 heteroatoms. The molecular formula is C21H25N5O2. The minimum absolute atomic E-state index is 0.0474. The Morgan fingerprint density at radius 3 is 2.89 bits per heavy atom. The maximum atomic E-state index is 13.0. The van der Waals surface area contributed by atoms with E-state index in [0.717, 1.165) is 55.1 Å². The Morgan fingerprint density at radius 2 is 2.04 bits per heavy atom. The number of para-hydroxylation sites is 1. The van der Waals surface area contributed by atoms with Gasteiger partial charge in [-0.25, -0.2) is 0 Å². The van der Waals surface area contributed by atoms with Gasteiger partial charge >= 0.3 is 0 Å². The first-order valence-corrected chi connectivity index (χ1v) is 10.1. The van der Waals surface area contributed by atoms with Crippen molar-refractivity contribution in [3.05, 3.63) is 47.7 Å². The topological polar surface area (TPSA) is 67.4 Å². The van der Waals surface area contributed by atoms with E-state index in [1.165, 1.54) is 6.42 Å². The van der Waals surface area contributed by atoms with Crippen LogP contribution in [0, 0.1) is 0 Å². The summed E-state index contributed by atoms with van der Waals surface area (Å²) in [6, 6.07) is 9.57. The Hall–Kier alpha value is -2.67. The average molecular weight is 379 g/mol. The molecule has 0 unspecified atom stereocenters. The smallest absolute Gasteiger partial charge is 0.289 e. The highest BCUT2D eigenvalue weighted by Crippen LogP contribution is 2.27. The van der Waals surface area contributed by atoms with Crippen LogP contribution in [0.3, 0.4) is 0 Å². The fourth-order valence-corrected chi connectivity index (χ4v) is 4.47. The molecule has 3 aromatic rings. The molecule has 7 nitrogen and oxygen atoms in total. The van der Waals surface area contributed by atoms with Crippen molar-refractivity contribution in [1.29, 1.82) is 0 Å². The molecule has 0 N–H and O–H groups in total. The van der Waals surface area contributed by atoms with Gasteiger partial charge in [-0.15, -0.1) is 10.2 Å². The third-order valence-corrected chi connectivity index (χ3v) is 5.97. The zero-order chi connectivity index (χ0) is 19.1. The molecule has 4 heterocycles. The molecule has 0 spiro atoms. The van der Waals surface area contributed by atoms with Gasteiger partial charge in [-0.1, -0.05) is 18.2 Å². The third kappa shape index (κ3) is 3.09. The standard InChI is InChI=1S/C21H25N5O2/c1-24-9-4-6-16(14-24)20-23-22-19-8-10-25(11-12-26(19)20)21(27)18-13-15-5-2-3-7-17(15)28-18/h2-3,5,7,13,16H,4,6,8-12,14H2,1H3/t16-/m0/s1. The van der Waals surface area contributed by atoms with Gasteiger partial charge in [-0.3, -0.25) is 4.79 Å². The van der Waals surface area contributed by atoms with Crippen molar-refractivity contribution in [2.45, 2.75) is 31.7 Å². The van der Waals surface area contributed by atoms with E-state index in [-0.39, 0.29) is 5.91 Å². The van der Waals surface area contributed by atoms with Crippen LogP contribution in [-0.4, -0.2) is 63.7 Å². The van der Waals surface area contributed by atoms with E-state index in [4.69, 9.17) is 4.42 Å². The maximum Gasteiger partial charge on any atom is 0.289 e. The van der Waals surface area contributed by atoms with E-state index in [9.17, 15) is 4.79 Å². The number of hydrogen-bond donors (Lipinski definition) is 0. The van der Waals surface area contributed by atoms with Crippen LogP contribution >= 0.6 is 0 Å². The van der Waals surface area contributed by atoms with Crippen LogP contribution in [0.25, 0.3) is 11.0 Å². The zero-order valence-electron chi connectivity index (χ0n) is 16.2. The number of fused-ring (bicyclic) bond motifs is 2. The Balaban J connectivity index is 1.34. The summed E-state index contributed by atoms with van der Waals surface area (Å²) in [4.78, 5) is 17.2. The summed E-state index contributed by atoms with van der Waals surface area (Å²) in [6.07, 6.45) is 3.08. The Bertz CT molecular complexity index is 974. The lowest BCUT2D eigenvalue weighted by atomic mass is 9.97. The molecule has 1 saturated heterocycles. The van der Waals surface area contributed by atoms with Gasteiger partial charge in [0.1, 0.15) is 17.2 Å². The van der Waals surface area contributed by atoms with Gasteiger partial charge < -0.3 is 18.8 Å². The van der Waals surface area contributed by atoms with Crippen LogP contribution in [0.4, 0.5) is 0 Å². The number of carbonyl (C=O) groups is 1. The summed E-state index contributed by atoms with van der Waals surface area (Å²) in [6.45, 7) is 4.20. The van der Waals surface area contributed by atoms with E-state index >= 15 is 0 Å². The number of nitrogens with zero attached hydrogens (tertiary/aromatic N) is 5. The van der Waals surface area contributed by atoms with Gasteiger partial charge in [0.05, 0.1) is 0 Å². The van der Waals surface area contributed by atoms with Crippen LogP contribution in [0.1, 0.15) is 41.0 Å². The number of amides is 1. The molecule has 1 aromatic carbocycles. The molecular weight excluding hydrogens is 354 g/mol. The van der Waals surface area contributed by atoms with Crippen molar-refractivity contribution in [1.82, 2.24) is 24.6 Å². The molecule has 5 rings (SSSR count). The molecule has 2 aliphatic heterocycles. The first-order chi connectivity index (χ1) is 13.7. The van der Waals surface area contributed by atoms with E-state index in [0.29, 0.717) is 24.8 Å². The Labute approximate surface area is 163 Å². The van der Waals surface area contributed by atoms with Crippen LogP contribution < -0.4 is 0 Å². The van der Waals surface area contributed by atoms with Crippen LogP contribution in [0.15, 0.2) is 34.7 Å². The molecule has 1 amide bonds. The summed E-state index contributed by atoms with van der Waals surface area (Å²) in [5.74, 6) is 2.86. The summed E-state index contributed by atoms with van der Waals surface area (Å²) < 4.78 is 8.03. The van der Waals surface area contributed by atoms with Crippen molar-refractivity contribution in [2.24, 2.45) is 0 Å². The summed E-state index contributed by atoms with van der Waals surface area (Å²) >= 11 is 0. The largest absolute Gasteiger partial charge is 0.451 e. The predicted octanol–water partition coefficient (Wildman–Crippen LogP) is 2.53. The number of hydrogen-bond acceptors (Lipinski definition) is 5. The molecule has 1 fully saturated rings. The van der Waals surface area contributed by atoms with E-state index in [1.807, 2.05) is 35.2 Å². The highest BCUT2D eigenvalue weighted by atomic mass is 16.3. The first-order valence-electron chi connectivity index (χ1n) is 10.1. The Kier molecular flexibility index (Phi) is 4.39. The molecule has 0 radical (unpaired) electrons. The van der Waals surface area contributed by atoms with Gasteiger partial charge in [-0.2, -0.15) is 0 Å². The fourth-order valence-electron chi connectivity index (χ4n) is 4.47. The van der Waals surface area contributed by atoms with Crippen molar-refractivity contribution in [3.63, 3.8) is 0 Å². The number of piperidine rings is 1. The second kappa shape index (κ2) is 7.05. The number of carbonyl (C=O) groups excluding carboxylic acids is 1. The highest BCUT2D eigenvalue weighted by molar-refractivity contribution is 5.96. The van der Waals surface area contributed by atoms with E-state index in [1.54, 1.807) is 0 Å². The predicted molar refractivity (Wildman–Crippen MR) is 105 cm³/mol.